The monoisotopic (exact) mass is 509 g/mol. The summed E-state index contributed by atoms with van der Waals surface area (Å²) in [4.78, 5) is 12.4. The molecular formula is C23H32F5NO4Si. The first-order valence-corrected chi connectivity index (χ1v) is 15.0. The fraction of sp³-hybridized carbons (Fsp3) is 0.609. The number of esters is 1. The van der Waals surface area contributed by atoms with Gasteiger partial charge in [-0.2, -0.15) is 13.2 Å². The molecule has 0 amide bonds. The number of rotatable bonds is 10. The summed E-state index contributed by atoms with van der Waals surface area (Å²) in [6.45, 7) is 7.58. The fourth-order valence-electron chi connectivity index (χ4n) is 3.23. The molecule has 11 heteroatoms. The van der Waals surface area contributed by atoms with Gasteiger partial charge in [0.2, 0.25) is 0 Å². The van der Waals surface area contributed by atoms with Gasteiger partial charge >= 0.3 is 12.1 Å². The molecule has 1 N–H and O–H groups in total. The van der Waals surface area contributed by atoms with Gasteiger partial charge in [-0.15, -0.1) is 0 Å². The number of alkyl halides is 3. The summed E-state index contributed by atoms with van der Waals surface area (Å²) in [7, 11) is -1.87. The average molecular weight is 510 g/mol. The molecule has 0 radical (unpaired) electrons. The lowest BCUT2D eigenvalue weighted by molar-refractivity contribution is -0.155. The van der Waals surface area contributed by atoms with E-state index in [-0.39, 0.29) is 19.3 Å². The zero-order valence-corrected chi connectivity index (χ0v) is 20.9. The van der Waals surface area contributed by atoms with E-state index in [1.165, 1.54) is 13.0 Å². The Labute approximate surface area is 197 Å². The maximum Gasteiger partial charge on any atom is 0.408 e. The van der Waals surface area contributed by atoms with Crippen molar-refractivity contribution in [2.45, 2.75) is 70.8 Å². The topological polar surface area (TPSA) is 56.8 Å². The van der Waals surface area contributed by atoms with Gasteiger partial charge in [0.15, 0.2) is 6.29 Å². The number of hydrogen-bond donors (Lipinski definition) is 1. The number of halogens is 5. The average Bonchev–Trinajstić information content (AvgIpc) is 2.74. The second-order valence-electron chi connectivity index (χ2n) is 9.32. The van der Waals surface area contributed by atoms with Gasteiger partial charge in [0.25, 0.3) is 0 Å². The van der Waals surface area contributed by atoms with Crippen LogP contribution < -0.4 is 5.32 Å². The number of ether oxygens (including phenoxy) is 3. The van der Waals surface area contributed by atoms with E-state index in [1.54, 1.807) is 0 Å². The lowest BCUT2D eigenvalue weighted by Gasteiger charge is -2.23. The Kier molecular flexibility index (Phi) is 10.1. The summed E-state index contributed by atoms with van der Waals surface area (Å²) in [5.41, 5.74) is -1.76. The number of anilines is 1. The van der Waals surface area contributed by atoms with Crippen molar-refractivity contribution in [3.8, 4) is 0 Å². The van der Waals surface area contributed by atoms with E-state index in [0.717, 1.165) is 18.9 Å². The molecule has 1 aliphatic heterocycles. The molecule has 1 aromatic carbocycles. The van der Waals surface area contributed by atoms with Crippen LogP contribution in [-0.2, 0) is 14.2 Å². The first kappa shape index (κ1) is 28.3. The van der Waals surface area contributed by atoms with Gasteiger partial charge < -0.3 is 19.5 Å². The Morgan fingerprint density at radius 3 is 2.56 bits per heavy atom. The molecule has 34 heavy (non-hydrogen) atoms. The minimum absolute atomic E-state index is 0.00714. The van der Waals surface area contributed by atoms with Crippen molar-refractivity contribution in [1.82, 2.24) is 0 Å². The second-order valence-corrected chi connectivity index (χ2v) is 14.7. The van der Waals surface area contributed by atoms with Crippen LogP contribution >= 0.6 is 0 Å². The van der Waals surface area contributed by atoms with Gasteiger partial charge in [-0.1, -0.05) is 38.7 Å². The van der Waals surface area contributed by atoms with E-state index in [1.807, 2.05) is 19.6 Å². The Morgan fingerprint density at radius 2 is 2.00 bits per heavy atom. The molecule has 0 bridgehead atoms. The van der Waals surface area contributed by atoms with Crippen molar-refractivity contribution in [3.63, 3.8) is 0 Å². The highest BCUT2D eigenvalue weighted by Gasteiger charge is 2.39. The summed E-state index contributed by atoms with van der Waals surface area (Å²) in [5.74, 6) is -3.81. The number of carbonyl (C=O) groups excluding carboxylic acids is 1. The molecule has 2 atom stereocenters. The highest BCUT2D eigenvalue weighted by atomic mass is 28.3. The summed E-state index contributed by atoms with van der Waals surface area (Å²) in [6.07, 6.45) is -0.274. The largest absolute Gasteiger partial charge is 0.466 e. The molecule has 1 heterocycles. The van der Waals surface area contributed by atoms with Gasteiger partial charge in [0, 0.05) is 17.9 Å². The van der Waals surface area contributed by atoms with Crippen LogP contribution in [0.4, 0.5) is 27.6 Å². The third-order valence-electron chi connectivity index (χ3n) is 5.03. The van der Waals surface area contributed by atoms with Gasteiger partial charge in [-0.3, -0.25) is 0 Å². The molecule has 1 fully saturated rings. The number of hydrogen-bond acceptors (Lipinski definition) is 5. The zero-order chi connectivity index (χ0) is 25.5. The minimum atomic E-state index is -4.64. The quantitative estimate of drug-likeness (QED) is 0.228. The molecule has 1 unspecified atom stereocenters. The van der Waals surface area contributed by atoms with Gasteiger partial charge in [0.1, 0.15) is 23.2 Å². The van der Waals surface area contributed by atoms with Crippen molar-refractivity contribution < 1.29 is 41.0 Å². The van der Waals surface area contributed by atoms with Gasteiger partial charge in [-0.05, 0) is 31.7 Å². The zero-order valence-electron chi connectivity index (χ0n) is 19.9. The number of benzene rings is 1. The molecular weight excluding hydrogens is 477 g/mol. The molecule has 1 saturated heterocycles. The fourth-order valence-corrected chi connectivity index (χ4v) is 3.80. The van der Waals surface area contributed by atoms with Crippen LogP contribution in [0.5, 0.6) is 0 Å². The molecule has 192 valence electrons. The van der Waals surface area contributed by atoms with Crippen LogP contribution in [0.2, 0.25) is 19.6 Å². The first-order valence-electron chi connectivity index (χ1n) is 11.3. The second kappa shape index (κ2) is 12.1. The summed E-state index contributed by atoms with van der Waals surface area (Å²) >= 11 is 0. The highest BCUT2D eigenvalue weighted by Crippen LogP contribution is 2.32. The lowest BCUT2D eigenvalue weighted by atomic mass is 10.0. The molecule has 1 aromatic rings. The standard InChI is InChI=1S/C23H32F5NO4Si/c1-5-18(23(26,27)28)29-17-13-16(24)20(22(30)33-14-34(2,3)4)21(25)15(17)9-8-12-32-19-10-6-7-11-31-19/h8-9,13,18-19,29H,5-7,10-12,14H2,1-4H3/b9-8+/t18-,19?/m1/s1. The van der Waals surface area contributed by atoms with Gasteiger partial charge in [0.05, 0.1) is 20.9 Å². The third-order valence-corrected chi connectivity index (χ3v) is 6.04. The predicted octanol–water partition coefficient (Wildman–Crippen LogP) is 6.31. The highest BCUT2D eigenvalue weighted by molar-refractivity contribution is 6.76. The normalized spacial score (nSPS) is 18.2. The third kappa shape index (κ3) is 8.35. The molecule has 0 aromatic heterocycles. The van der Waals surface area contributed by atoms with Crippen molar-refractivity contribution in [2.24, 2.45) is 0 Å². The Morgan fingerprint density at radius 1 is 1.29 bits per heavy atom. The molecule has 5 nitrogen and oxygen atoms in total. The smallest absolute Gasteiger partial charge is 0.408 e. The summed E-state index contributed by atoms with van der Waals surface area (Å²) in [6, 6.07) is -1.34. The summed E-state index contributed by atoms with van der Waals surface area (Å²) < 4.78 is 86.0. The van der Waals surface area contributed by atoms with E-state index in [4.69, 9.17) is 14.2 Å². The van der Waals surface area contributed by atoms with Crippen LogP contribution in [0.25, 0.3) is 6.08 Å². The van der Waals surface area contributed by atoms with Gasteiger partial charge in [-0.25, -0.2) is 13.6 Å². The number of carbonyl (C=O) groups is 1. The lowest BCUT2D eigenvalue weighted by Crippen LogP contribution is -2.36. The molecule has 0 saturated carbocycles. The van der Waals surface area contributed by atoms with E-state index >= 15 is 4.39 Å². The minimum Gasteiger partial charge on any atom is -0.466 e. The van der Waals surface area contributed by atoms with Crippen LogP contribution in [0, 0.1) is 11.6 Å². The molecule has 1 aliphatic rings. The van der Waals surface area contributed by atoms with Crippen LogP contribution in [-0.4, -0.2) is 52.0 Å². The van der Waals surface area contributed by atoms with E-state index < -0.39 is 61.0 Å². The number of nitrogens with one attached hydrogen (secondary N) is 1. The Bertz CT molecular complexity index is 864. The van der Waals surface area contributed by atoms with Crippen molar-refractivity contribution in [2.75, 3.05) is 24.8 Å². The molecule has 2 rings (SSSR count). The maximum absolute atomic E-state index is 15.3. The Hall–Kier alpha value is -1.98. The SMILES string of the molecule is CC[C@@H](Nc1cc(F)c(C(=O)OC[Si](C)(C)C)c(F)c1/C=C/COC1CCCCO1)C(F)(F)F. The van der Waals surface area contributed by atoms with Crippen molar-refractivity contribution >= 4 is 25.8 Å². The first-order chi connectivity index (χ1) is 15.8. The van der Waals surface area contributed by atoms with Crippen molar-refractivity contribution in [3.05, 3.63) is 34.9 Å². The van der Waals surface area contributed by atoms with E-state index in [2.05, 4.69) is 5.32 Å². The molecule has 0 spiro atoms. The maximum atomic E-state index is 15.3. The molecule has 0 aliphatic carbocycles. The summed E-state index contributed by atoms with van der Waals surface area (Å²) in [5, 5.41) is 2.16. The van der Waals surface area contributed by atoms with Crippen LogP contribution in [0.15, 0.2) is 12.1 Å². The van der Waals surface area contributed by atoms with Crippen LogP contribution in [0.1, 0.15) is 48.5 Å². The van der Waals surface area contributed by atoms with Crippen LogP contribution in [0.3, 0.4) is 0 Å². The predicted molar refractivity (Wildman–Crippen MR) is 122 cm³/mol. The van der Waals surface area contributed by atoms with E-state index in [0.29, 0.717) is 19.1 Å². The van der Waals surface area contributed by atoms with Crippen molar-refractivity contribution in [1.29, 1.82) is 0 Å². The van der Waals surface area contributed by atoms with E-state index in [9.17, 15) is 22.4 Å². The Balaban J connectivity index is 2.35.